The fourth-order valence-corrected chi connectivity index (χ4v) is 10.1. The molecule has 6 nitrogen and oxygen atoms in total. The number of anilines is 6. The molecule has 0 amide bonds. The van der Waals surface area contributed by atoms with Gasteiger partial charge >= 0.3 is 0 Å². The number of hydrogen-bond donors (Lipinski definition) is 0. The van der Waals surface area contributed by atoms with Crippen molar-refractivity contribution in [3.63, 3.8) is 0 Å². The number of aromatic nitrogens is 2. The zero-order valence-corrected chi connectivity index (χ0v) is 38.0. The van der Waals surface area contributed by atoms with Gasteiger partial charge in [-0.3, -0.25) is 0 Å². The van der Waals surface area contributed by atoms with Gasteiger partial charge in [-0.1, -0.05) is 135 Å². The van der Waals surface area contributed by atoms with Crippen LogP contribution >= 0.6 is 0 Å². The van der Waals surface area contributed by atoms with Gasteiger partial charge in [-0.05, 0) is 153 Å². The van der Waals surface area contributed by atoms with Crippen LogP contribution in [0.5, 0.6) is 0 Å². The van der Waals surface area contributed by atoms with Crippen LogP contribution in [0, 0.1) is 0 Å². The van der Waals surface area contributed by atoms with E-state index < -0.39 is 0 Å². The van der Waals surface area contributed by atoms with Crippen molar-refractivity contribution >= 4 is 67.1 Å². The summed E-state index contributed by atoms with van der Waals surface area (Å²) in [4.78, 5) is 14.3. The quantitative estimate of drug-likeness (QED) is 0.151. The first-order valence-corrected chi connectivity index (χ1v) is 23.4. The molecule has 0 bridgehead atoms. The van der Waals surface area contributed by atoms with E-state index >= 15 is 0 Å². The highest BCUT2D eigenvalue weighted by Gasteiger charge is 2.37. The van der Waals surface area contributed by atoms with Crippen LogP contribution in [-0.2, 0) is 5.41 Å². The molecule has 13 rings (SSSR count). The smallest absolute Gasteiger partial charge is 0.227 e. The van der Waals surface area contributed by atoms with E-state index in [0.717, 1.165) is 84.0 Å². The maximum absolute atomic E-state index is 6.23. The number of oxazole rings is 2. The van der Waals surface area contributed by atoms with Crippen molar-refractivity contribution in [2.75, 3.05) is 9.80 Å². The Balaban J connectivity index is 0.781. The van der Waals surface area contributed by atoms with Crippen molar-refractivity contribution in [2.45, 2.75) is 19.3 Å². The van der Waals surface area contributed by atoms with E-state index in [-0.39, 0.29) is 5.41 Å². The number of para-hydroxylation sites is 5. The van der Waals surface area contributed by atoms with Gasteiger partial charge in [0.05, 0.1) is 11.4 Å². The Morgan fingerprint density at radius 2 is 0.841 bits per heavy atom. The highest BCUT2D eigenvalue weighted by atomic mass is 16.4. The van der Waals surface area contributed by atoms with Crippen molar-refractivity contribution in [1.82, 2.24) is 9.97 Å². The van der Waals surface area contributed by atoms with E-state index in [1.54, 1.807) is 0 Å². The van der Waals surface area contributed by atoms with Gasteiger partial charge in [0.25, 0.3) is 0 Å². The predicted octanol–water partition coefficient (Wildman–Crippen LogP) is 17.4. The Morgan fingerprint density at radius 1 is 0.377 bits per heavy atom. The lowest BCUT2D eigenvalue weighted by molar-refractivity contribution is 0.615. The summed E-state index contributed by atoms with van der Waals surface area (Å²) >= 11 is 0. The summed E-state index contributed by atoms with van der Waals surface area (Å²) in [7, 11) is 0. The molecule has 0 saturated heterocycles. The largest absolute Gasteiger partial charge is 0.436 e. The Bertz CT molecular complexity index is 3800. The Hall–Kier alpha value is -9.00. The van der Waals surface area contributed by atoms with E-state index in [1.807, 2.05) is 48.5 Å². The van der Waals surface area contributed by atoms with Crippen LogP contribution in [0.1, 0.15) is 25.0 Å². The van der Waals surface area contributed by atoms with Gasteiger partial charge in [-0.25, -0.2) is 9.97 Å². The van der Waals surface area contributed by atoms with Crippen molar-refractivity contribution < 1.29 is 8.83 Å². The summed E-state index contributed by atoms with van der Waals surface area (Å²) in [6, 6.07) is 81.4. The molecule has 0 saturated carbocycles. The van der Waals surface area contributed by atoms with Gasteiger partial charge in [0.15, 0.2) is 11.2 Å². The topological polar surface area (TPSA) is 58.5 Å². The van der Waals surface area contributed by atoms with Crippen molar-refractivity contribution in [3.05, 3.63) is 242 Å². The van der Waals surface area contributed by atoms with Gasteiger partial charge < -0.3 is 18.6 Å². The van der Waals surface area contributed by atoms with E-state index in [9.17, 15) is 0 Å². The van der Waals surface area contributed by atoms with E-state index in [4.69, 9.17) is 18.8 Å². The SMILES string of the molecule is CC1(C)c2ccccc2N(c2ccc(-c3ccc(-c4ccc(N(c5ccc(-c6nc7ccccc7o6)cc5)c5ccc6ccccc6c5)cc4)cc3)cc2)c2ccc(-c3nc4ccccc4o3)cc21. The molecule has 0 radical (unpaired) electrons. The fraction of sp³-hybridized carbons (Fsp3) is 0.0476. The van der Waals surface area contributed by atoms with Gasteiger partial charge in [-0.2, -0.15) is 0 Å². The van der Waals surface area contributed by atoms with E-state index in [2.05, 4.69) is 206 Å². The average molecular weight is 889 g/mol. The first-order valence-electron chi connectivity index (χ1n) is 23.4. The zero-order valence-electron chi connectivity index (χ0n) is 38.0. The lowest BCUT2D eigenvalue weighted by atomic mass is 9.73. The number of nitrogens with zero attached hydrogens (tertiary/aromatic N) is 4. The summed E-state index contributed by atoms with van der Waals surface area (Å²) < 4.78 is 12.3. The normalized spacial score (nSPS) is 12.9. The molecule has 0 N–H and O–H groups in total. The first kappa shape index (κ1) is 40.3. The van der Waals surface area contributed by atoms with Crippen molar-refractivity contribution in [3.8, 4) is 45.2 Å². The minimum Gasteiger partial charge on any atom is -0.436 e. The number of fused-ring (bicyclic) bond motifs is 5. The molecular weight excluding hydrogens is 845 g/mol. The molecule has 69 heavy (non-hydrogen) atoms. The predicted molar refractivity (Wildman–Crippen MR) is 282 cm³/mol. The second-order valence-electron chi connectivity index (χ2n) is 18.3. The summed E-state index contributed by atoms with van der Waals surface area (Å²) in [5.74, 6) is 1.24. The number of hydrogen-bond acceptors (Lipinski definition) is 6. The second-order valence-corrected chi connectivity index (χ2v) is 18.3. The highest BCUT2D eigenvalue weighted by molar-refractivity contribution is 5.91. The van der Waals surface area contributed by atoms with Gasteiger partial charge in [-0.15, -0.1) is 0 Å². The molecule has 2 aromatic heterocycles. The molecule has 1 aliphatic heterocycles. The van der Waals surface area contributed by atoms with Gasteiger partial charge in [0.1, 0.15) is 11.0 Å². The standard InChI is InChI=1S/C63H44N4O2/c1-63(2)53-13-5-8-16-57(53)67(58-38-30-48(40-54(58)63)62-65-56-15-7-10-18-60(56)69-62)51-33-25-45(26-34-51)43-21-19-42(20-22-43)44-23-31-49(32-24-44)66(52-37-27-41-11-3-4-12-47(41)39-52)50-35-28-46(29-36-50)61-64-55-14-6-9-17-59(55)68-61/h3-40H,1-2H3. The van der Waals surface area contributed by atoms with E-state index in [0.29, 0.717) is 11.8 Å². The van der Waals surface area contributed by atoms with Crippen LogP contribution in [0.3, 0.4) is 0 Å². The lowest BCUT2D eigenvalue weighted by Gasteiger charge is -2.42. The molecule has 328 valence electrons. The summed E-state index contributed by atoms with van der Waals surface area (Å²) in [5.41, 5.74) is 18.7. The summed E-state index contributed by atoms with van der Waals surface area (Å²) in [6.07, 6.45) is 0. The van der Waals surface area contributed by atoms with Crippen LogP contribution in [0.2, 0.25) is 0 Å². The Kier molecular flexibility index (Phi) is 9.41. The van der Waals surface area contributed by atoms with Crippen LogP contribution in [-0.4, -0.2) is 9.97 Å². The van der Waals surface area contributed by atoms with Crippen LogP contribution in [0.15, 0.2) is 239 Å². The maximum atomic E-state index is 6.23. The van der Waals surface area contributed by atoms with Crippen LogP contribution < -0.4 is 9.80 Å². The Labute approximate surface area is 400 Å². The maximum Gasteiger partial charge on any atom is 0.227 e. The molecule has 0 atom stereocenters. The minimum absolute atomic E-state index is 0.245. The van der Waals surface area contributed by atoms with Crippen molar-refractivity contribution in [1.29, 1.82) is 0 Å². The Morgan fingerprint density at radius 3 is 1.46 bits per heavy atom. The first-order chi connectivity index (χ1) is 33.9. The molecule has 0 fully saturated rings. The molecule has 0 aliphatic carbocycles. The fourth-order valence-electron chi connectivity index (χ4n) is 10.1. The average Bonchev–Trinajstić information content (AvgIpc) is 4.05. The third-order valence-corrected chi connectivity index (χ3v) is 13.7. The molecule has 10 aromatic carbocycles. The lowest BCUT2D eigenvalue weighted by Crippen LogP contribution is -2.30. The number of rotatable bonds is 8. The monoisotopic (exact) mass is 888 g/mol. The van der Waals surface area contributed by atoms with Crippen LogP contribution in [0.4, 0.5) is 34.1 Å². The molecule has 1 aliphatic rings. The van der Waals surface area contributed by atoms with E-state index in [1.165, 1.54) is 27.6 Å². The van der Waals surface area contributed by atoms with Gasteiger partial charge in [0, 0.05) is 39.3 Å². The molecule has 0 unspecified atom stereocenters. The van der Waals surface area contributed by atoms with Crippen LogP contribution in [0.25, 0.3) is 78.1 Å². The minimum atomic E-state index is -0.245. The molecule has 3 heterocycles. The summed E-state index contributed by atoms with van der Waals surface area (Å²) in [6.45, 7) is 4.62. The third-order valence-electron chi connectivity index (χ3n) is 13.7. The highest BCUT2D eigenvalue weighted by Crippen LogP contribution is 2.53. The third kappa shape index (κ3) is 7.04. The molecule has 6 heteroatoms. The molecule has 12 aromatic rings. The summed E-state index contributed by atoms with van der Waals surface area (Å²) in [5, 5.41) is 2.39. The van der Waals surface area contributed by atoms with Crippen molar-refractivity contribution in [2.24, 2.45) is 0 Å². The molecule has 0 spiro atoms. The second kappa shape index (κ2) is 16.1. The number of benzene rings is 10. The van der Waals surface area contributed by atoms with Gasteiger partial charge in [0.2, 0.25) is 11.8 Å². The molecular formula is C63H44N4O2. The zero-order chi connectivity index (χ0) is 46.1.